The maximum Gasteiger partial charge on any atom is 0.188 e. The largest absolute Gasteiger partial charge is 0.508 e. The van der Waals surface area contributed by atoms with E-state index in [1.807, 2.05) is 18.2 Å². The SMILES string of the molecule is CCC[Si](O)(CCC)CCC.Oc1ccccc1.Oc1ccccc1.Oc1ccccc1.[Zr]. The van der Waals surface area contributed by atoms with E-state index in [1.165, 1.54) is 0 Å². The summed E-state index contributed by atoms with van der Waals surface area (Å²) in [6.45, 7) is 6.51. The average molecular weight is 548 g/mol. The van der Waals surface area contributed by atoms with E-state index in [0.29, 0.717) is 17.2 Å². The molecule has 0 aromatic heterocycles. The first-order valence-electron chi connectivity index (χ1n) is 11.3. The molecule has 0 fully saturated rings. The van der Waals surface area contributed by atoms with Gasteiger partial charge in [0.2, 0.25) is 0 Å². The molecule has 0 aliphatic carbocycles. The molecule has 3 rings (SSSR count). The van der Waals surface area contributed by atoms with Crippen LogP contribution in [0.15, 0.2) is 91.0 Å². The molecule has 0 saturated carbocycles. The Balaban J connectivity index is 0. The van der Waals surface area contributed by atoms with Gasteiger partial charge in [0.05, 0.1) is 0 Å². The summed E-state index contributed by atoms with van der Waals surface area (Å²) in [6.07, 6.45) is 3.47. The molecular weight excluding hydrogens is 508 g/mol. The van der Waals surface area contributed by atoms with Crippen LogP contribution < -0.4 is 0 Å². The van der Waals surface area contributed by atoms with Crippen LogP contribution >= 0.6 is 0 Å². The molecule has 0 aliphatic rings. The molecule has 0 unspecified atom stereocenters. The van der Waals surface area contributed by atoms with E-state index < -0.39 is 8.32 Å². The monoisotopic (exact) mass is 546 g/mol. The number of benzene rings is 3. The predicted octanol–water partition coefficient (Wildman–Crippen LogP) is 7.33. The number of rotatable bonds is 6. The number of phenols is 3. The number of hydrogen-bond acceptors (Lipinski definition) is 4. The Kier molecular flexibility index (Phi) is 22.1. The number of phenolic OH excluding ortho intramolecular Hbond substituents is 3. The van der Waals surface area contributed by atoms with Gasteiger partial charge in [-0.3, -0.25) is 0 Å². The molecule has 4 N–H and O–H groups in total. The molecule has 3 aromatic carbocycles. The molecule has 0 heterocycles. The van der Waals surface area contributed by atoms with Gasteiger partial charge in [-0.1, -0.05) is 94.6 Å². The molecular formula is C27H40O4SiZr. The summed E-state index contributed by atoms with van der Waals surface area (Å²) in [5.41, 5.74) is 0. The second kappa shape index (κ2) is 21.9. The number of para-hydroxylation sites is 3. The Morgan fingerprint density at radius 2 is 0.697 bits per heavy atom. The van der Waals surface area contributed by atoms with Gasteiger partial charge in [0.25, 0.3) is 0 Å². The van der Waals surface area contributed by atoms with Crippen molar-refractivity contribution >= 4 is 8.32 Å². The second-order valence-corrected chi connectivity index (χ2v) is 11.4. The van der Waals surface area contributed by atoms with Crippen molar-refractivity contribution in [2.45, 2.75) is 58.2 Å². The third-order valence-electron chi connectivity index (χ3n) is 4.41. The summed E-state index contributed by atoms with van der Waals surface area (Å²) >= 11 is 0. The van der Waals surface area contributed by atoms with Crippen LogP contribution in [0.1, 0.15) is 40.0 Å². The topological polar surface area (TPSA) is 80.9 Å². The molecule has 6 heteroatoms. The smallest absolute Gasteiger partial charge is 0.188 e. The molecule has 0 bridgehead atoms. The zero-order valence-electron chi connectivity index (χ0n) is 20.2. The Labute approximate surface area is 220 Å². The predicted molar refractivity (Wildman–Crippen MR) is 138 cm³/mol. The molecule has 0 radical (unpaired) electrons. The van der Waals surface area contributed by atoms with Gasteiger partial charge in [0.1, 0.15) is 17.2 Å². The Bertz CT molecular complexity index is 668. The summed E-state index contributed by atoms with van der Waals surface area (Å²) in [5, 5.41) is 25.9. The van der Waals surface area contributed by atoms with E-state index in [1.54, 1.807) is 72.8 Å². The van der Waals surface area contributed by atoms with E-state index in [9.17, 15) is 4.80 Å². The minimum Gasteiger partial charge on any atom is -0.508 e. The zero-order chi connectivity index (χ0) is 24.1. The number of aromatic hydroxyl groups is 3. The minimum absolute atomic E-state index is 0. The molecule has 0 aliphatic heterocycles. The minimum atomic E-state index is -1.75. The fourth-order valence-corrected chi connectivity index (χ4v) is 6.60. The average Bonchev–Trinajstić information content (AvgIpc) is 2.77. The standard InChI is InChI=1S/C9H22OSi.3C6H6O.Zr/c1-4-7-11(10,8-5-2)9-6-3;3*7-6-4-2-1-3-5-6;/h10H,4-9H2,1-3H3;3*1-5,7H;. The molecule has 0 atom stereocenters. The summed E-state index contributed by atoms with van der Waals surface area (Å²) in [4.78, 5) is 10.2. The Morgan fingerprint density at radius 3 is 0.818 bits per heavy atom. The van der Waals surface area contributed by atoms with Gasteiger partial charge in [-0.25, -0.2) is 0 Å². The van der Waals surface area contributed by atoms with Crippen molar-refractivity contribution in [1.82, 2.24) is 0 Å². The van der Waals surface area contributed by atoms with Crippen molar-refractivity contribution in [3.8, 4) is 17.2 Å². The van der Waals surface area contributed by atoms with Gasteiger partial charge in [-0.15, -0.1) is 0 Å². The van der Waals surface area contributed by atoms with Crippen LogP contribution in [0, 0.1) is 0 Å². The second-order valence-electron chi connectivity index (χ2n) is 7.48. The van der Waals surface area contributed by atoms with Crippen molar-refractivity contribution in [2.24, 2.45) is 0 Å². The Hall–Kier alpha value is -1.88. The van der Waals surface area contributed by atoms with Gasteiger partial charge in [-0.05, 0) is 54.5 Å². The summed E-state index contributed by atoms with van der Waals surface area (Å²) < 4.78 is 0. The van der Waals surface area contributed by atoms with E-state index >= 15 is 0 Å². The van der Waals surface area contributed by atoms with Crippen LogP contribution in [0.2, 0.25) is 18.1 Å². The van der Waals surface area contributed by atoms with Crippen LogP contribution in [-0.4, -0.2) is 28.4 Å². The van der Waals surface area contributed by atoms with Crippen molar-refractivity contribution in [3.05, 3.63) is 91.0 Å². The van der Waals surface area contributed by atoms with Gasteiger partial charge in [-0.2, -0.15) is 0 Å². The van der Waals surface area contributed by atoms with Crippen LogP contribution in [0.5, 0.6) is 17.2 Å². The third-order valence-corrected chi connectivity index (χ3v) is 8.71. The number of hydrogen-bond donors (Lipinski definition) is 4. The van der Waals surface area contributed by atoms with E-state index in [-0.39, 0.29) is 26.2 Å². The summed E-state index contributed by atoms with van der Waals surface area (Å²) in [7, 11) is -1.75. The van der Waals surface area contributed by atoms with Crippen LogP contribution in [0.25, 0.3) is 0 Å². The van der Waals surface area contributed by atoms with E-state index in [4.69, 9.17) is 15.3 Å². The summed E-state index contributed by atoms with van der Waals surface area (Å²) in [5.74, 6) is 0.965. The molecule has 4 nitrogen and oxygen atoms in total. The normalized spacial score (nSPS) is 9.45. The molecule has 3 aromatic rings. The molecule has 33 heavy (non-hydrogen) atoms. The first-order chi connectivity index (χ1) is 15.4. The third kappa shape index (κ3) is 20.5. The van der Waals surface area contributed by atoms with Crippen molar-refractivity contribution < 1.29 is 46.3 Å². The fourth-order valence-electron chi connectivity index (χ4n) is 3.06. The zero-order valence-corrected chi connectivity index (χ0v) is 23.6. The molecule has 180 valence electrons. The molecule has 0 amide bonds. The first kappa shape index (κ1) is 33.3. The summed E-state index contributed by atoms with van der Waals surface area (Å²) in [6, 6.07) is 29.5. The molecule has 0 spiro atoms. The first-order valence-corrected chi connectivity index (χ1v) is 13.9. The van der Waals surface area contributed by atoms with Gasteiger partial charge >= 0.3 is 0 Å². The van der Waals surface area contributed by atoms with Gasteiger partial charge in [0.15, 0.2) is 8.32 Å². The Morgan fingerprint density at radius 1 is 0.485 bits per heavy atom. The maximum absolute atomic E-state index is 10.2. The van der Waals surface area contributed by atoms with Crippen LogP contribution in [-0.2, 0) is 26.2 Å². The van der Waals surface area contributed by atoms with Crippen molar-refractivity contribution in [3.63, 3.8) is 0 Å². The van der Waals surface area contributed by atoms with E-state index in [0.717, 1.165) is 37.4 Å². The van der Waals surface area contributed by atoms with Crippen molar-refractivity contribution in [2.75, 3.05) is 0 Å². The maximum atomic E-state index is 10.2. The molecule has 0 saturated heterocycles. The van der Waals surface area contributed by atoms with Crippen LogP contribution in [0.3, 0.4) is 0 Å². The van der Waals surface area contributed by atoms with Gasteiger partial charge < -0.3 is 20.1 Å². The van der Waals surface area contributed by atoms with E-state index in [2.05, 4.69) is 20.8 Å². The quantitative estimate of drug-likeness (QED) is 0.244. The van der Waals surface area contributed by atoms with Crippen molar-refractivity contribution in [1.29, 1.82) is 0 Å². The van der Waals surface area contributed by atoms with Crippen LogP contribution in [0.4, 0.5) is 0 Å². The van der Waals surface area contributed by atoms with Gasteiger partial charge in [0, 0.05) is 26.2 Å². The fraction of sp³-hybridized carbons (Fsp3) is 0.333.